The van der Waals surface area contributed by atoms with Crippen LogP contribution in [-0.2, 0) is 0 Å². The molecule has 2 heterocycles. The van der Waals surface area contributed by atoms with Crippen molar-refractivity contribution in [1.82, 2.24) is 15.0 Å². The Morgan fingerprint density at radius 1 is 1.26 bits per heavy atom. The van der Waals surface area contributed by atoms with Crippen LogP contribution in [-0.4, -0.2) is 28.0 Å². The van der Waals surface area contributed by atoms with Gasteiger partial charge in [-0.1, -0.05) is 13.3 Å². The van der Waals surface area contributed by atoms with Gasteiger partial charge in [-0.2, -0.15) is 0 Å². The molecule has 19 heavy (non-hydrogen) atoms. The molecule has 102 valence electrons. The van der Waals surface area contributed by atoms with Gasteiger partial charge in [-0.3, -0.25) is 0 Å². The fourth-order valence-corrected chi connectivity index (χ4v) is 3.25. The molecule has 1 aliphatic carbocycles. The lowest BCUT2D eigenvalue weighted by Crippen LogP contribution is -2.35. The number of rotatable bonds is 3. The van der Waals surface area contributed by atoms with Crippen molar-refractivity contribution in [3.63, 3.8) is 0 Å². The predicted octanol–water partition coefficient (Wildman–Crippen LogP) is 3.36. The Balaban J connectivity index is 1.80. The summed E-state index contributed by atoms with van der Waals surface area (Å²) in [4.78, 5) is 14.3. The summed E-state index contributed by atoms with van der Waals surface area (Å²) in [6.45, 7) is 2.31. The van der Waals surface area contributed by atoms with Crippen LogP contribution in [0.4, 0.5) is 5.82 Å². The van der Waals surface area contributed by atoms with E-state index in [4.69, 9.17) is 0 Å². The third kappa shape index (κ3) is 2.31. The molecular weight excluding hydrogens is 236 g/mol. The number of nitrogens with one attached hydrogen (secondary N) is 1. The summed E-state index contributed by atoms with van der Waals surface area (Å²) in [5.74, 6) is 1.99. The number of anilines is 1. The minimum atomic E-state index is 0.621. The van der Waals surface area contributed by atoms with Gasteiger partial charge in [-0.15, -0.1) is 0 Å². The van der Waals surface area contributed by atoms with Crippen molar-refractivity contribution in [3.8, 4) is 0 Å². The lowest BCUT2D eigenvalue weighted by Gasteiger charge is -2.35. The summed E-state index contributed by atoms with van der Waals surface area (Å²) in [6, 6.07) is 2.69. The Labute approximate surface area is 114 Å². The van der Waals surface area contributed by atoms with Crippen molar-refractivity contribution in [2.75, 3.05) is 11.9 Å². The smallest absolute Gasteiger partial charge is 0.142 e. The average molecular weight is 258 g/mol. The SMILES string of the molecule is CC[C@H]1CC[C@H](N(C)c2ncnc3[nH]ccc23)CC1. The van der Waals surface area contributed by atoms with E-state index >= 15 is 0 Å². The van der Waals surface area contributed by atoms with E-state index in [0.717, 1.165) is 22.8 Å². The van der Waals surface area contributed by atoms with Crippen LogP contribution < -0.4 is 4.90 Å². The Bertz CT molecular complexity index is 540. The van der Waals surface area contributed by atoms with E-state index in [0.29, 0.717) is 6.04 Å². The second-order valence-corrected chi connectivity index (χ2v) is 5.63. The summed E-state index contributed by atoms with van der Waals surface area (Å²) < 4.78 is 0. The highest BCUT2D eigenvalue weighted by Gasteiger charge is 2.24. The lowest BCUT2D eigenvalue weighted by molar-refractivity contribution is 0.313. The highest BCUT2D eigenvalue weighted by molar-refractivity contribution is 5.87. The van der Waals surface area contributed by atoms with Crippen LogP contribution in [0, 0.1) is 5.92 Å². The van der Waals surface area contributed by atoms with E-state index in [9.17, 15) is 0 Å². The van der Waals surface area contributed by atoms with E-state index in [2.05, 4.69) is 39.9 Å². The molecule has 0 amide bonds. The van der Waals surface area contributed by atoms with Gasteiger partial charge in [-0.25, -0.2) is 9.97 Å². The van der Waals surface area contributed by atoms with Crippen molar-refractivity contribution in [2.45, 2.75) is 45.1 Å². The zero-order valence-corrected chi connectivity index (χ0v) is 11.8. The number of fused-ring (bicyclic) bond motifs is 1. The van der Waals surface area contributed by atoms with Crippen LogP contribution in [0.3, 0.4) is 0 Å². The van der Waals surface area contributed by atoms with Gasteiger partial charge in [0.05, 0.1) is 5.39 Å². The van der Waals surface area contributed by atoms with Crippen LogP contribution in [0.2, 0.25) is 0 Å². The van der Waals surface area contributed by atoms with Gasteiger partial charge in [0.25, 0.3) is 0 Å². The molecule has 1 fully saturated rings. The van der Waals surface area contributed by atoms with Crippen LogP contribution >= 0.6 is 0 Å². The van der Waals surface area contributed by atoms with Gasteiger partial charge in [0, 0.05) is 19.3 Å². The first-order chi connectivity index (χ1) is 9.29. The first-order valence-corrected chi connectivity index (χ1v) is 7.30. The number of hydrogen-bond acceptors (Lipinski definition) is 3. The number of nitrogens with zero attached hydrogens (tertiary/aromatic N) is 3. The molecule has 2 aromatic heterocycles. The minimum absolute atomic E-state index is 0.621. The van der Waals surface area contributed by atoms with Gasteiger partial charge < -0.3 is 9.88 Å². The fourth-order valence-electron chi connectivity index (χ4n) is 3.25. The van der Waals surface area contributed by atoms with Crippen LogP contribution in [0.15, 0.2) is 18.6 Å². The van der Waals surface area contributed by atoms with Crippen LogP contribution in [0.5, 0.6) is 0 Å². The van der Waals surface area contributed by atoms with Crippen molar-refractivity contribution >= 4 is 16.9 Å². The third-order valence-electron chi connectivity index (χ3n) is 4.61. The molecule has 1 N–H and O–H groups in total. The van der Waals surface area contributed by atoms with Gasteiger partial charge in [0.2, 0.25) is 0 Å². The molecule has 0 atom stereocenters. The molecule has 3 rings (SSSR count). The van der Waals surface area contributed by atoms with Crippen molar-refractivity contribution in [2.24, 2.45) is 5.92 Å². The Morgan fingerprint density at radius 3 is 2.79 bits per heavy atom. The Morgan fingerprint density at radius 2 is 2.05 bits per heavy atom. The maximum absolute atomic E-state index is 4.49. The zero-order chi connectivity index (χ0) is 13.2. The van der Waals surface area contributed by atoms with Gasteiger partial charge in [0.1, 0.15) is 17.8 Å². The Kier molecular flexibility index (Phi) is 3.40. The second kappa shape index (κ2) is 5.19. The van der Waals surface area contributed by atoms with E-state index in [-0.39, 0.29) is 0 Å². The molecule has 0 radical (unpaired) electrons. The highest BCUT2D eigenvalue weighted by Crippen LogP contribution is 2.32. The monoisotopic (exact) mass is 258 g/mol. The first kappa shape index (κ1) is 12.5. The average Bonchev–Trinajstić information content (AvgIpc) is 2.95. The minimum Gasteiger partial charge on any atom is -0.356 e. The van der Waals surface area contributed by atoms with E-state index < -0.39 is 0 Å². The summed E-state index contributed by atoms with van der Waals surface area (Å²) in [7, 11) is 2.17. The topological polar surface area (TPSA) is 44.8 Å². The molecule has 0 unspecified atom stereocenters. The molecule has 4 heteroatoms. The van der Waals surface area contributed by atoms with Gasteiger partial charge >= 0.3 is 0 Å². The number of hydrogen-bond donors (Lipinski definition) is 1. The molecule has 0 bridgehead atoms. The largest absolute Gasteiger partial charge is 0.356 e. The van der Waals surface area contributed by atoms with Crippen molar-refractivity contribution in [1.29, 1.82) is 0 Å². The quantitative estimate of drug-likeness (QED) is 0.918. The van der Waals surface area contributed by atoms with Crippen molar-refractivity contribution < 1.29 is 0 Å². The van der Waals surface area contributed by atoms with Gasteiger partial charge in [0.15, 0.2) is 0 Å². The molecule has 0 saturated heterocycles. The number of aromatic nitrogens is 3. The van der Waals surface area contributed by atoms with Crippen molar-refractivity contribution in [3.05, 3.63) is 18.6 Å². The molecule has 1 aliphatic rings. The molecule has 0 aliphatic heterocycles. The number of H-pyrrole nitrogens is 1. The summed E-state index contributed by atoms with van der Waals surface area (Å²) in [5, 5.41) is 1.13. The summed E-state index contributed by atoms with van der Waals surface area (Å²) in [5.41, 5.74) is 0.930. The molecule has 0 aromatic carbocycles. The van der Waals surface area contributed by atoms with Gasteiger partial charge in [-0.05, 0) is 37.7 Å². The Hall–Kier alpha value is -1.58. The lowest BCUT2D eigenvalue weighted by atomic mass is 9.84. The second-order valence-electron chi connectivity index (χ2n) is 5.63. The maximum atomic E-state index is 4.49. The molecule has 4 nitrogen and oxygen atoms in total. The standard InChI is InChI=1S/C15H22N4/c1-3-11-4-6-12(7-5-11)19(2)15-13-8-9-16-14(13)17-10-18-15/h8-12H,3-7H2,1-2H3,(H,16,17,18)/t11-,12-. The normalized spacial score (nSPS) is 23.7. The molecule has 0 spiro atoms. The zero-order valence-electron chi connectivity index (χ0n) is 11.8. The molecule has 2 aromatic rings. The van der Waals surface area contributed by atoms with Crippen LogP contribution in [0.1, 0.15) is 39.0 Å². The van der Waals surface area contributed by atoms with E-state index in [1.807, 2.05) is 6.20 Å². The van der Waals surface area contributed by atoms with E-state index in [1.54, 1.807) is 6.33 Å². The highest BCUT2D eigenvalue weighted by atomic mass is 15.2. The third-order valence-corrected chi connectivity index (χ3v) is 4.61. The first-order valence-electron chi connectivity index (χ1n) is 7.30. The summed E-state index contributed by atoms with van der Waals surface area (Å²) in [6.07, 6.45) is 10.2. The molecule has 1 saturated carbocycles. The summed E-state index contributed by atoms with van der Waals surface area (Å²) >= 11 is 0. The predicted molar refractivity (Wildman–Crippen MR) is 78.3 cm³/mol. The van der Waals surface area contributed by atoms with Crippen LogP contribution in [0.25, 0.3) is 11.0 Å². The fraction of sp³-hybridized carbons (Fsp3) is 0.600. The molecular formula is C15H22N4. The maximum Gasteiger partial charge on any atom is 0.142 e. The van der Waals surface area contributed by atoms with E-state index in [1.165, 1.54) is 32.1 Å². The number of aromatic amines is 1.